The summed E-state index contributed by atoms with van der Waals surface area (Å²) in [6.45, 7) is 0. The Morgan fingerprint density at radius 1 is 0.643 bits per heavy atom. The molecule has 3 aromatic carbocycles. The van der Waals surface area contributed by atoms with E-state index in [1.807, 2.05) is 0 Å². The molecule has 3 aromatic rings. The fourth-order valence-electron chi connectivity index (χ4n) is 2.57. The van der Waals surface area contributed by atoms with Gasteiger partial charge >= 0.3 is 12.5 Å². The average Bonchev–Trinajstić information content (AvgIpc) is 2.62. The second-order valence-electron chi connectivity index (χ2n) is 5.86. The molecule has 0 aliphatic heterocycles. The number of rotatable bonds is 4. The number of hydrogen-bond donors (Lipinski definition) is 1. The Balaban J connectivity index is 1.91. The molecule has 1 N–H and O–H groups in total. The maximum Gasteiger partial charge on any atom is 0.573 e. The van der Waals surface area contributed by atoms with E-state index in [0.29, 0.717) is 16.8 Å². The van der Waals surface area contributed by atoms with Crippen LogP contribution >= 0.6 is 0 Å². The summed E-state index contributed by atoms with van der Waals surface area (Å²) in [4.78, 5) is 0. The molecule has 0 heterocycles. The van der Waals surface area contributed by atoms with E-state index in [0.717, 1.165) is 24.3 Å². The Bertz CT molecular complexity index is 934. The molecular weight excluding hydrogens is 384 g/mol. The number of ether oxygens (including phenoxy) is 1. The number of hydrogen-bond acceptors (Lipinski definition) is 2. The zero-order valence-electron chi connectivity index (χ0n) is 14.1. The molecule has 3 rings (SSSR count). The third-order valence-corrected chi connectivity index (χ3v) is 3.74. The van der Waals surface area contributed by atoms with Crippen LogP contribution in [-0.4, -0.2) is 6.36 Å². The Morgan fingerprint density at radius 2 is 1.29 bits per heavy atom. The van der Waals surface area contributed by atoms with Gasteiger partial charge in [0.1, 0.15) is 5.75 Å². The van der Waals surface area contributed by atoms with E-state index in [4.69, 9.17) is 0 Å². The van der Waals surface area contributed by atoms with Gasteiger partial charge in [0.15, 0.2) is 0 Å². The molecular formula is C20H13F6NO. The third kappa shape index (κ3) is 5.18. The van der Waals surface area contributed by atoms with Crippen molar-refractivity contribution in [3.8, 4) is 16.9 Å². The molecule has 0 atom stereocenters. The minimum absolute atomic E-state index is 0.151. The molecule has 0 unspecified atom stereocenters. The molecule has 0 spiro atoms. The second kappa shape index (κ2) is 7.46. The van der Waals surface area contributed by atoms with Gasteiger partial charge in [0.05, 0.1) is 5.56 Å². The highest BCUT2D eigenvalue weighted by atomic mass is 19.4. The van der Waals surface area contributed by atoms with Crippen LogP contribution in [0.3, 0.4) is 0 Å². The number of nitrogens with one attached hydrogen (secondary N) is 1. The van der Waals surface area contributed by atoms with Gasteiger partial charge in [0.2, 0.25) is 0 Å². The lowest BCUT2D eigenvalue weighted by Crippen LogP contribution is -2.16. The fraction of sp³-hybridized carbons (Fsp3) is 0.100. The molecule has 0 aliphatic rings. The summed E-state index contributed by atoms with van der Waals surface area (Å²) in [5, 5.41) is 2.78. The smallest absolute Gasteiger partial charge is 0.406 e. The van der Waals surface area contributed by atoms with Gasteiger partial charge in [0.25, 0.3) is 0 Å². The quantitative estimate of drug-likeness (QED) is 0.478. The van der Waals surface area contributed by atoms with Crippen LogP contribution in [0, 0.1) is 0 Å². The summed E-state index contributed by atoms with van der Waals surface area (Å²) in [7, 11) is 0. The summed E-state index contributed by atoms with van der Waals surface area (Å²) in [6.07, 6.45) is -9.37. The van der Waals surface area contributed by atoms with E-state index in [9.17, 15) is 26.3 Å². The van der Waals surface area contributed by atoms with Crippen molar-refractivity contribution < 1.29 is 31.1 Å². The van der Waals surface area contributed by atoms with E-state index in [2.05, 4.69) is 10.1 Å². The summed E-state index contributed by atoms with van der Waals surface area (Å²) < 4.78 is 80.2. The second-order valence-corrected chi connectivity index (χ2v) is 5.86. The largest absolute Gasteiger partial charge is 0.573 e. The van der Waals surface area contributed by atoms with E-state index in [-0.39, 0.29) is 5.69 Å². The van der Waals surface area contributed by atoms with Crippen molar-refractivity contribution in [2.45, 2.75) is 12.5 Å². The fourth-order valence-corrected chi connectivity index (χ4v) is 2.57. The van der Waals surface area contributed by atoms with Gasteiger partial charge < -0.3 is 10.1 Å². The van der Waals surface area contributed by atoms with Crippen molar-refractivity contribution in [2.24, 2.45) is 0 Å². The Labute approximate surface area is 156 Å². The Hall–Kier alpha value is -3.16. The highest BCUT2D eigenvalue weighted by Gasteiger charge is 2.32. The van der Waals surface area contributed by atoms with Crippen molar-refractivity contribution in [2.75, 3.05) is 5.32 Å². The maximum atomic E-state index is 13.3. The maximum absolute atomic E-state index is 13.3. The number of benzene rings is 3. The highest BCUT2D eigenvalue weighted by molar-refractivity contribution is 5.72. The molecule has 0 saturated carbocycles. The summed E-state index contributed by atoms with van der Waals surface area (Å²) in [6, 6.07) is 16.8. The number of anilines is 2. The van der Waals surface area contributed by atoms with Crippen LogP contribution in [0.5, 0.6) is 5.75 Å². The lowest BCUT2D eigenvalue weighted by molar-refractivity contribution is -0.274. The zero-order valence-corrected chi connectivity index (χ0v) is 14.1. The average molecular weight is 397 g/mol. The molecule has 8 heteroatoms. The Morgan fingerprint density at radius 3 is 1.86 bits per heavy atom. The molecule has 0 aromatic heterocycles. The molecule has 0 radical (unpaired) electrons. The summed E-state index contributed by atoms with van der Waals surface area (Å²) in [5.41, 5.74) is 0.583. The van der Waals surface area contributed by atoms with E-state index in [1.165, 1.54) is 18.2 Å². The standard InChI is InChI=1S/C20H13F6NO/c21-19(22,23)15-10-14(13-4-2-1-3-5-13)11-17(12-15)27-16-6-8-18(9-7-16)28-20(24,25)26/h1-12,27H. The van der Waals surface area contributed by atoms with E-state index >= 15 is 0 Å². The van der Waals surface area contributed by atoms with Crippen LogP contribution in [0.15, 0.2) is 72.8 Å². The summed E-state index contributed by atoms with van der Waals surface area (Å²) >= 11 is 0. The predicted octanol–water partition coefficient (Wildman–Crippen LogP) is 7.01. The normalized spacial score (nSPS) is 11.9. The third-order valence-electron chi connectivity index (χ3n) is 3.74. The lowest BCUT2D eigenvalue weighted by Gasteiger charge is -2.14. The minimum atomic E-state index is -4.82. The van der Waals surface area contributed by atoms with Gasteiger partial charge in [-0.3, -0.25) is 0 Å². The minimum Gasteiger partial charge on any atom is -0.406 e. The molecule has 0 fully saturated rings. The first kappa shape index (κ1) is 19.6. The van der Waals surface area contributed by atoms with Gasteiger partial charge in [-0.05, 0) is 53.6 Å². The highest BCUT2D eigenvalue weighted by Crippen LogP contribution is 2.36. The van der Waals surface area contributed by atoms with Crippen molar-refractivity contribution in [1.29, 1.82) is 0 Å². The SMILES string of the molecule is FC(F)(F)Oc1ccc(Nc2cc(-c3ccccc3)cc(C(F)(F)F)c2)cc1. The van der Waals surface area contributed by atoms with Gasteiger partial charge in [-0.1, -0.05) is 30.3 Å². The predicted molar refractivity (Wildman–Crippen MR) is 93.3 cm³/mol. The van der Waals surface area contributed by atoms with Crippen molar-refractivity contribution in [3.05, 3.63) is 78.4 Å². The molecule has 0 amide bonds. The topological polar surface area (TPSA) is 21.3 Å². The van der Waals surface area contributed by atoms with Gasteiger partial charge in [-0.25, -0.2) is 0 Å². The molecule has 146 valence electrons. The lowest BCUT2D eigenvalue weighted by atomic mass is 10.0. The van der Waals surface area contributed by atoms with Crippen molar-refractivity contribution in [3.63, 3.8) is 0 Å². The van der Waals surface area contributed by atoms with Crippen LogP contribution < -0.4 is 10.1 Å². The number of alkyl halides is 6. The first-order valence-electron chi connectivity index (χ1n) is 8.01. The van der Waals surface area contributed by atoms with Crippen LogP contribution in [0.1, 0.15) is 5.56 Å². The first-order chi connectivity index (χ1) is 13.1. The van der Waals surface area contributed by atoms with Crippen LogP contribution in [0.2, 0.25) is 0 Å². The first-order valence-corrected chi connectivity index (χ1v) is 8.01. The van der Waals surface area contributed by atoms with E-state index < -0.39 is 23.9 Å². The molecule has 0 saturated heterocycles. The molecule has 0 bridgehead atoms. The van der Waals surface area contributed by atoms with Crippen molar-refractivity contribution >= 4 is 11.4 Å². The van der Waals surface area contributed by atoms with E-state index in [1.54, 1.807) is 30.3 Å². The van der Waals surface area contributed by atoms with Gasteiger partial charge in [-0.15, -0.1) is 13.2 Å². The van der Waals surface area contributed by atoms with Crippen molar-refractivity contribution in [1.82, 2.24) is 0 Å². The zero-order chi connectivity index (χ0) is 20.4. The molecule has 2 nitrogen and oxygen atoms in total. The van der Waals surface area contributed by atoms with Crippen LogP contribution in [-0.2, 0) is 6.18 Å². The van der Waals surface area contributed by atoms with Gasteiger partial charge in [0, 0.05) is 11.4 Å². The van der Waals surface area contributed by atoms with Gasteiger partial charge in [-0.2, -0.15) is 13.2 Å². The van der Waals surface area contributed by atoms with Crippen LogP contribution in [0.25, 0.3) is 11.1 Å². The number of halogens is 6. The monoisotopic (exact) mass is 397 g/mol. The molecule has 28 heavy (non-hydrogen) atoms. The summed E-state index contributed by atoms with van der Waals surface area (Å²) in [5.74, 6) is -0.424. The molecule has 0 aliphatic carbocycles. The van der Waals surface area contributed by atoms with Crippen LogP contribution in [0.4, 0.5) is 37.7 Å². The Kier molecular flexibility index (Phi) is 5.22.